The van der Waals surface area contributed by atoms with E-state index in [0.717, 1.165) is 50.1 Å². The van der Waals surface area contributed by atoms with Crippen LogP contribution >= 0.6 is 0 Å². The highest BCUT2D eigenvalue weighted by Gasteiger charge is 2.20. The molecule has 2 aromatic rings. The minimum atomic E-state index is 0.296. The maximum atomic E-state index is 11.8. The van der Waals surface area contributed by atoms with Crippen molar-refractivity contribution in [3.05, 3.63) is 36.0 Å². The van der Waals surface area contributed by atoms with Gasteiger partial charge in [0.15, 0.2) is 0 Å². The third kappa shape index (κ3) is 3.46. The number of pyridine rings is 1. The quantitative estimate of drug-likeness (QED) is 0.821. The van der Waals surface area contributed by atoms with Gasteiger partial charge in [0.05, 0.1) is 5.52 Å². The van der Waals surface area contributed by atoms with Crippen molar-refractivity contribution in [2.75, 3.05) is 31.6 Å². The van der Waals surface area contributed by atoms with E-state index in [2.05, 4.69) is 43.1 Å². The molecule has 0 N–H and O–H groups in total. The average Bonchev–Trinajstić information content (AvgIpc) is 2.97. The monoisotopic (exact) mass is 311 g/mol. The molecule has 0 aliphatic carbocycles. The molecular formula is C19H25N3O. The number of likely N-dealkylation sites (tertiary alicyclic amines) is 1. The molecule has 0 radical (unpaired) electrons. The lowest BCUT2D eigenvalue weighted by Crippen LogP contribution is -2.34. The minimum Gasteiger partial charge on any atom is -0.372 e. The van der Waals surface area contributed by atoms with Crippen LogP contribution in [-0.2, 0) is 11.2 Å². The smallest absolute Gasteiger partial charge is 0.222 e. The molecule has 23 heavy (non-hydrogen) atoms. The standard InChI is InChI=1S/C19H25N3O/c1-3-7-15-14-18(16-8-4-5-9-17(16)20-15)21(2)12-13-22-11-6-10-19(22)23/h4-5,8-9,14H,3,6-7,10-13H2,1-2H3. The van der Waals surface area contributed by atoms with Crippen LogP contribution in [0.5, 0.6) is 0 Å². The van der Waals surface area contributed by atoms with Crippen LogP contribution in [0.2, 0.25) is 0 Å². The lowest BCUT2D eigenvalue weighted by Gasteiger charge is -2.25. The predicted molar refractivity (Wildman–Crippen MR) is 94.8 cm³/mol. The Morgan fingerprint density at radius 2 is 2.13 bits per heavy atom. The molecule has 122 valence electrons. The van der Waals surface area contributed by atoms with E-state index < -0.39 is 0 Å². The van der Waals surface area contributed by atoms with Gasteiger partial charge in [0.1, 0.15) is 0 Å². The van der Waals surface area contributed by atoms with Crippen molar-refractivity contribution in [1.29, 1.82) is 0 Å². The number of para-hydroxylation sites is 1. The van der Waals surface area contributed by atoms with E-state index in [-0.39, 0.29) is 0 Å². The summed E-state index contributed by atoms with van der Waals surface area (Å²) in [6.45, 7) is 4.74. The fourth-order valence-electron chi connectivity index (χ4n) is 3.24. The Bertz CT molecular complexity index is 698. The average molecular weight is 311 g/mol. The van der Waals surface area contributed by atoms with E-state index in [1.54, 1.807) is 0 Å². The van der Waals surface area contributed by atoms with Crippen LogP contribution in [0, 0.1) is 0 Å². The molecule has 1 saturated heterocycles. The van der Waals surface area contributed by atoms with Crippen molar-refractivity contribution in [3.8, 4) is 0 Å². The SMILES string of the molecule is CCCc1cc(N(C)CCN2CCCC2=O)c2ccccc2n1. The summed E-state index contributed by atoms with van der Waals surface area (Å²) >= 11 is 0. The second kappa shape index (κ2) is 6.99. The molecule has 0 atom stereocenters. The van der Waals surface area contributed by atoms with Crippen LogP contribution in [0.15, 0.2) is 30.3 Å². The van der Waals surface area contributed by atoms with Gasteiger partial charge in [0.25, 0.3) is 0 Å². The highest BCUT2D eigenvalue weighted by Crippen LogP contribution is 2.26. The predicted octanol–water partition coefficient (Wildman–Crippen LogP) is 3.25. The molecule has 4 heteroatoms. The number of likely N-dealkylation sites (N-methyl/N-ethyl adjacent to an activating group) is 1. The Hall–Kier alpha value is -2.10. The van der Waals surface area contributed by atoms with Crippen molar-refractivity contribution < 1.29 is 4.79 Å². The summed E-state index contributed by atoms with van der Waals surface area (Å²) in [5, 5.41) is 1.18. The molecule has 1 amide bonds. The van der Waals surface area contributed by atoms with Crippen molar-refractivity contribution in [2.45, 2.75) is 32.6 Å². The molecule has 2 heterocycles. The summed E-state index contributed by atoms with van der Waals surface area (Å²) < 4.78 is 0. The summed E-state index contributed by atoms with van der Waals surface area (Å²) in [5.74, 6) is 0.296. The number of hydrogen-bond donors (Lipinski definition) is 0. The maximum Gasteiger partial charge on any atom is 0.222 e. The maximum absolute atomic E-state index is 11.8. The van der Waals surface area contributed by atoms with Crippen molar-refractivity contribution in [3.63, 3.8) is 0 Å². The summed E-state index contributed by atoms with van der Waals surface area (Å²) in [6, 6.07) is 10.5. The first kappa shape index (κ1) is 15.8. The molecular weight excluding hydrogens is 286 g/mol. The van der Waals surface area contributed by atoms with Gasteiger partial charge in [-0.2, -0.15) is 0 Å². The van der Waals surface area contributed by atoms with E-state index in [0.29, 0.717) is 12.3 Å². The molecule has 1 aliphatic rings. The third-order valence-corrected chi connectivity index (χ3v) is 4.54. The number of carbonyl (C=O) groups excluding carboxylic acids is 1. The number of benzene rings is 1. The fraction of sp³-hybridized carbons (Fsp3) is 0.474. The van der Waals surface area contributed by atoms with Gasteiger partial charge in [0.2, 0.25) is 5.91 Å². The lowest BCUT2D eigenvalue weighted by atomic mass is 10.1. The van der Waals surface area contributed by atoms with Crippen molar-refractivity contribution in [2.24, 2.45) is 0 Å². The molecule has 3 rings (SSSR count). The normalized spacial score (nSPS) is 14.7. The van der Waals surface area contributed by atoms with Crippen molar-refractivity contribution >= 4 is 22.5 Å². The molecule has 4 nitrogen and oxygen atoms in total. The largest absolute Gasteiger partial charge is 0.372 e. The zero-order valence-electron chi connectivity index (χ0n) is 14.1. The summed E-state index contributed by atoms with van der Waals surface area (Å²) in [5.41, 5.74) is 3.41. The van der Waals surface area contributed by atoms with E-state index in [4.69, 9.17) is 4.98 Å². The molecule has 0 bridgehead atoms. The van der Waals surface area contributed by atoms with Gasteiger partial charge in [-0.3, -0.25) is 9.78 Å². The van der Waals surface area contributed by atoms with Crippen LogP contribution in [0.3, 0.4) is 0 Å². The number of amides is 1. The molecule has 1 fully saturated rings. The first-order chi connectivity index (χ1) is 11.2. The Labute approximate surface area is 138 Å². The Morgan fingerprint density at radius 3 is 2.87 bits per heavy atom. The van der Waals surface area contributed by atoms with E-state index in [9.17, 15) is 4.79 Å². The van der Waals surface area contributed by atoms with E-state index in [1.807, 2.05) is 11.0 Å². The second-order valence-corrected chi connectivity index (χ2v) is 6.31. The summed E-state index contributed by atoms with van der Waals surface area (Å²) in [6.07, 6.45) is 3.80. The minimum absolute atomic E-state index is 0.296. The molecule has 0 spiro atoms. The Balaban J connectivity index is 1.83. The van der Waals surface area contributed by atoms with Crippen LogP contribution in [0.25, 0.3) is 10.9 Å². The zero-order valence-corrected chi connectivity index (χ0v) is 14.1. The molecule has 1 aromatic carbocycles. The highest BCUT2D eigenvalue weighted by atomic mass is 16.2. The number of carbonyl (C=O) groups is 1. The van der Waals surface area contributed by atoms with Gasteiger partial charge in [0, 0.05) is 49.9 Å². The van der Waals surface area contributed by atoms with E-state index in [1.165, 1.54) is 11.1 Å². The number of anilines is 1. The van der Waals surface area contributed by atoms with Gasteiger partial charge in [-0.15, -0.1) is 0 Å². The van der Waals surface area contributed by atoms with Crippen LogP contribution < -0.4 is 4.90 Å². The molecule has 1 aromatic heterocycles. The first-order valence-corrected chi connectivity index (χ1v) is 8.56. The van der Waals surface area contributed by atoms with Gasteiger partial charge in [-0.05, 0) is 25.0 Å². The second-order valence-electron chi connectivity index (χ2n) is 6.31. The Kier molecular flexibility index (Phi) is 4.79. The van der Waals surface area contributed by atoms with Crippen LogP contribution in [0.4, 0.5) is 5.69 Å². The number of hydrogen-bond acceptors (Lipinski definition) is 3. The first-order valence-electron chi connectivity index (χ1n) is 8.56. The van der Waals surface area contributed by atoms with Crippen LogP contribution in [-0.4, -0.2) is 42.5 Å². The van der Waals surface area contributed by atoms with Gasteiger partial charge in [-0.1, -0.05) is 31.5 Å². The van der Waals surface area contributed by atoms with Crippen LogP contribution in [0.1, 0.15) is 31.9 Å². The van der Waals surface area contributed by atoms with Gasteiger partial charge >= 0.3 is 0 Å². The molecule has 1 aliphatic heterocycles. The topological polar surface area (TPSA) is 36.4 Å². The van der Waals surface area contributed by atoms with Crippen molar-refractivity contribution in [1.82, 2.24) is 9.88 Å². The summed E-state index contributed by atoms with van der Waals surface area (Å²) in [4.78, 5) is 20.8. The Morgan fingerprint density at radius 1 is 1.30 bits per heavy atom. The number of aryl methyl sites for hydroxylation is 1. The molecule has 0 saturated carbocycles. The van der Waals surface area contributed by atoms with Gasteiger partial charge < -0.3 is 9.80 Å². The highest BCUT2D eigenvalue weighted by molar-refractivity contribution is 5.91. The van der Waals surface area contributed by atoms with Gasteiger partial charge in [-0.25, -0.2) is 0 Å². The lowest BCUT2D eigenvalue weighted by molar-refractivity contribution is -0.127. The van der Waals surface area contributed by atoms with E-state index >= 15 is 0 Å². The molecule has 0 unspecified atom stereocenters. The fourth-order valence-corrected chi connectivity index (χ4v) is 3.24. The summed E-state index contributed by atoms with van der Waals surface area (Å²) in [7, 11) is 2.11. The number of rotatable bonds is 6. The number of aromatic nitrogens is 1. The third-order valence-electron chi connectivity index (χ3n) is 4.54. The number of fused-ring (bicyclic) bond motifs is 1. The zero-order chi connectivity index (χ0) is 16.2. The number of nitrogens with zero attached hydrogens (tertiary/aromatic N) is 3.